The van der Waals surface area contributed by atoms with E-state index in [2.05, 4.69) is 11.1 Å². The number of rotatable bonds is 4. The fourth-order valence-electron chi connectivity index (χ4n) is 3.58. The van der Waals surface area contributed by atoms with Crippen molar-refractivity contribution < 1.29 is 19.0 Å². The van der Waals surface area contributed by atoms with E-state index in [4.69, 9.17) is 14.2 Å². The number of aromatic nitrogens is 1. The first-order chi connectivity index (χ1) is 13.2. The molecular weight excluding hydrogens is 344 g/mol. The predicted molar refractivity (Wildman–Crippen MR) is 100 cm³/mol. The van der Waals surface area contributed by atoms with Crippen LogP contribution in [0.3, 0.4) is 0 Å². The Morgan fingerprint density at radius 1 is 1.22 bits per heavy atom. The monoisotopic (exact) mass is 366 g/mol. The third kappa shape index (κ3) is 3.80. The Morgan fingerprint density at radius 2 is 2.07 bits per heavy atom. The maximum Gasteiger partial charge on any atom is 0.411 e. The third-order valence-corrected chi connectivity index (χ3v) is 4.93. The molecule has 0 spiro atoms. The van der Waals surface area contributed by atoms with Gasteiger partial charge in [0.25, 0.3) is 0 Å². The first-order valence-electron chi connectivity index (χ1n) is 9.02. The lowest BCUT2D eigenvalue weighted by Gasteiger charge is -2.43. The smallest absolute Gasteiger partial charge is 0.411 e. The molecule has 6 heteroatoms. The molecule has 6 nitrogen and oxygen atoms in total. The van der Waals surface area contributed by atoms with Crippen molar-refractivity contribution in [3.8, 4) is 5.88 Å². The second-order valence-corrected chi connectivity index (χ2v) is 6.69. The maximum atomic E-state index is 12.7. The number of pyridine rings is 1. The third-order valence-electron chi connectivity index (χ3n) is 4.93. The summed E-state index contributed by atoms with van der Waals surface area (Å²) in [6, 6.07) is 13.4. The zero-order valence-corrected chi connectivity index (χ0v) is 15.2. The molecule has 4 rings (SSSR count). The second-order valence-electron chi connectivity index (χ2n) is 6.69. The summed E-state index contributed by atoms with van der Waals surface area (Å²) in [5, 5.41) is 0. The van der Waals surface area contributed by atoms with E-state index in [0.29, 0.717) is 25.5 Å². The number of morpholine rings is 1. The number of benzene rings is 1. The van der Waals surface area contributed by atoms with Crippen LogP contribution in [0.4, 0.5) is 4.79 Å². The number of carbonyl (C=O) groups is 1. The highest BCUT2D eigenvalue weighted by atomic mass is 16.6. The van der Waals surface area contributed by atoms with E-state index in [-0.39, 0.29) is 24.8 Å². The minimum Gasteiger partial charge on any atom is -0.481 e. The number of fused-ring (bicyclic) bond motifs is 2. The molecule has 27 heavy (non-hydrogen) atoms. The van der Waals surface area contributed by atoms with Gasteiger partial charge in [-0.1, -0.05) is 36.4 Å². The molecule has 1 amide bonds. The lowest BCUT2D eigenvalue weighted by atomic mass is 9.91. The van der Waals surface area contributed by atoms with E-state index < -0.39 is 0 Å². The van der Waals surface area contributed by atoms with Crippen LogP contribution >= 0.6 is 0 Å². The van der Waals surface area contributed by atoms with Gasteiger partial charge in [0.05, 0.1) is 32.4 Å². The highest BCUT2D eigenvalue weighted by molar-refractivity contribution is 5.74. The van der Waals surface area contributed by atoms with Gasteiger partial charge in [0, 0.05) is 12.3 Å². The van der Waals surface area contributed by atoms with Crippen molar-refractivity contribution in [2.75, 3.05) is 20.3 Å². The summed E-state index contributed by atoms with van der Waals surface area (Å²) in [7, 11) is 1.60. The predicted octanol–water partition coefficient (Wildman–Crippen LogP) is 3.28. The van der Waals surface area contributed by atoms with Crippen molar-refractivity contribution in [1.29, 1.82) is 0 Å². The zero-order valence-electron chi connectivity index (χ0n) is 15.2. The molecule has 2 bridgehead atoms. The van der Waals surface area contributed by atoms with Crippen LogP contribution in [0.5, 0.6) is 5.88 Å². The summed E-state index contributed by atoms with van der Waals surface area (Å²) in [5.41, 5.74) is 3.20. The van der Waals surface area contributed by atoms with Crippen LogP contribution in [0.1, 0.15) is 17.5 Å². The number of methoxy groups -OCH3 is 1. The zero-order chi connectivity index (χ0) is 18.6. The normalized spacial score (nSPS) is 21.4. The minimum atomic E-state index is -0.291. The molecule has 1 aromatic heterocycles. The summed E-state index contributed by atoms with van der Waals surface area (Å²) >= 11 is 0. The van der Waals surface area contributed by atoms with Crippen LogP contribution in [0.2, 0.25) is 0 Å². The van der Waals surface area contributed by atoms with Crippen molar-refractivity contribution in [2.24, 2.45) is 0 Å². The van der Waals surface area contributed by atoms with Gasteiger partial charge in [0.15, 0.2) is 0 Å². The molecule has 3 heterocycles. The molecule has 0 N–H and O–H groups in total. The molecule has 0 saturated carbocycles. The Morgan fingerprint density at radius 3 is 2.78 bits per heavy atom. The van der Waals surface area contributed by atoms with Crippen LogP contribution in [0.15, 0.2) is 54.7 Å². The van der Waals surface area contributed by atoms with E-state index in [1.54, 1.807) is 7.11 Å². The largest absolute Gasteiger partial charge is 0.481 e. The molecule has 0 aliphatic carbocycles. The molecular formula is C21H22N2O4. The topological polar surface area (TPSA) is 60.9 Å². The summed E-state index contributed by atoms with van der Waals surface area (Å²) < 4.78 is 16.3. The molecule has 140 valence electrons. The lowest BCUT2D eigenvalue weighted by molar-refractivity contribution is -0.0342. The van der Waals surface area contributed by atoms with Gasteiger partial charge in [-0.2, -0.15) is 0 Å². The van der Waals surface area contributed by atoms with Gasteiger partial charge in [-0.05, 0) is 29.2 Å². The molecule has 2 unspecified atom stereocenters. The summed E-state index contributed by atoms with van der Waals surface area (Å²) in [6.07, 6.45) is 4.32. The number of hydrogen-bond acceptors (Lipinski definition) is 5. The first kappa shape index (κ1) is 17.5. The minimum absolute atomic E-state index is 0.0332. The number of hydrogen-bond donors (Lipinski definition) is 0. The van der Waals surface area contributed by atoms with E-state index in [9.17, 15) is 4.79 Å². The fourth-order valence-corrected chi connectivity index (χ4v) is 3.58. The molecule has 1 aromatic carbocycles. The van der Waals surface area contributed by atoms with Gasteiger partial charge in [-0.15, -0.1) is 0 Å². The fraction of sp³-hybridized carbons (Fsp3) is 0.333. The van der Waals surface area contributed by atoms with Crippen molar-refractivity contribution in [3.05, 3.63) is 65.9 Å². The van der Waals surface area contributed by atoms with Crippen LogP contribution in [-0.2, 0) is 16.1 Å². The van der Waals surface area contributed by atoms with Crippen molar-refractivity contribution in [3.63, 3.8) is 0 Å². The standard InChI is InChI=1S/C21H22N2O4/c1-25-20-8-7-16(11-22-20)17-9-18-13-26-14-19(10-17)23(18)21(24)27-12-15-5-3-2-4-6-15/h2-9,11,18-19H,10,12-14H2,1H3. The average molecular weight is 366 g/mol. The Kier molecular flexibility index (Phi) is 5.07. The number of ether oxygens (including phenoxy) is 3. The first-order valence-corrected chi connectivity index (χ1v) is 9.02. The molecule has 2 aromatic rings. The van der Waals surface area contributed by atoms with Gasteiger partial charge in [-0.3, -0.25) is 4.90 Å². The lowest BCUT2D eigenvalue weighted by Crippen LogP contribution is -2.56. The highest BCUT2D eigenvalue weighted by Gasteiger charge is 2.39. The summed E-state index contributed by atoms with van der Waals surface area (Å²) in [4.78, 5) is 18.8. The Balaban J connectivity index is 1.48. The van der Waals surface area contributed by atoms with Gasteiger partial charge in [-0.25, -0.2) is 9.78 Å². The number of carbonyl (C=O) groups excluding carboxylic acids is 1. The molecule has 2 aliphatic rings. The second kappa shape index (κ2) is 7.80. The van der Waals surface area contributed by atoms with Gasteiger partial charge < -0.3 is 14.2 Å². The summed E-state index contributed by atoms with van der Waals surface area (Å²) in [5.74, 6) is 0.588. The van der Waals surface area contributed by atoms with Crippen LogP contribution < -0.4 is 4.74 Å². The van der Waals surface area contributed by atoms with E-state index in [0.717, 1.165) is 11.1 Å². The van der Waals surface area contributed by atoms with E-state index >= 15 is 0 Å². The highest BCUT2D eigenvalue weighted by Crippen LogP contribution is 2.33. The molecule has 2 aliphatic heterocycles. The maximum absolute atomic E-state index is 12.7. The molecule has 2 atom stereocenters. The molecule has 1 saturated heterocycles. The van der Waals surface area contributed by atoms with Crippen LogP contribution in [-0.4, -0.2) is 48.4 Å². The van der Waals surface area contributed by atoms with Crippen molar-refractivity contribution in [1.82, 2.24) is 9.88 Å². The Labute approximate surface area is 158 Å². The average Bonchev–Trinajstić information content (AvgIpc) is 2.72. The van der Waals surface area contributed by atoms with Crippen LogP contribution in [0.25, 0.3) is 5.57 Å². The van der Waals surface area contributed by atoms with Crippen molar-refractivity contribution in [2.45, 2.75) is 25.1 Å². The Bertz CT molecular complexity index is 820. The van der Waals surface area contributed by atoms with Gasteiger partial charge >= 0.3 is 6.09 Å². The molecule has 1 fully saturated rings. The van der Waals surface area contributed by atoms with E-state index in [1.165, 1.54) is 5.57 Å². The van der Waals surface area contributed by atoms with Crippen LogP contribution in [0, 0.1) is 0 Å². The van der Waals surface area contributed by atoms with Gasteiger partial charge in [0.1, 0.15) is 6.61 Å². The summed E-state index contributed by atoms with van der Waals surface area (Å²) in [6.45, 7) is 1.26. The number of nitrogens with zero attached hydrogens (tertiary/aromatic N) is 2. The SMILES string of the molecule is COc1ccc(C2=CC3COCC(C2)N3C(=O)OCc2ccccc2)cn1. The quantitative estimate of drug-likeness (QED) is 0.831. The van der Waals surface area contributed by atoms with E-state index in [1.807, 2.05) is 53.6 Å². The van der Waals surface area contributed by atoms with Crippen molar-refractivity contribution >= 4 is 11.7 Å². The van der Waals surface area contributed by atoms with Gasteiger partial charge in [0.2, 0.25) is 5.88 Å². The number of amides is 1. The Hall–Kier alpha value is -2.86. The molecule has 0 radical (unpaired) electrons.